The Balaban J connectivity index is 2.29. The van der Waals surface area contributed by atoms with Gasteiger partial charge in [-0.3, -0.25) is 4.79 Å². The van der Waals surface area contributed by atoms with E-state index in [-0.39, 0.29) is 5.57 Å². The number of hydrogen-bond acceptors (Lipinski definition) is 3. The Kier molecular flexibility index (Phi) is 5.95. The van der Waals surface area contributed by atoms with Crippen LogP contribution in [-0.4, -0.2) is 13.0 Å². The van der Waals surface area contributed by atoms with Crippen LogP contribution in [0.2, 0.25) is 0 Å². The van der Waals surface area contributed by atoms with Crippen LogP contribution in [0.25, 0.3) is 6.08 Å². The molecule has 0 fully saturated rings. The first-order valence-corrected chi connectivity index (χ1v) is 7.73. The molecule has 1 N–H and O–H groups in total. The molecule has 0 aliphatic carbocycles. The van der Waals surface area contributed by atoms with Gasteiger partial charge in [0.2, 0.25) is 0 Å². The molecule has 2 aromatic carbocycles. The first-order chi connectivity index (χ1) is 11.1. The van der Waals surface area contributed by atoms with Gasteiger partial charge in [-0.15, -0.1) is 0 Å². The molecule has 0 spiro atoms. The Morgan fingerprint density at radius 3 is 2.70 bits per heavy atom. The highest BCUT2D eigenvalue weighted by Crippen LogP contribution is 2.26. The van der Waals surface area contributed by atoms with E-state index in [1.807, 2.05) is 42.5 Å². The molecule has 2 rings (SSSR count). The number of nitrogens with zero attached hydrogens (tertiary/aromatic N) is 1. The van der Waals surface area contributed by atoms with Gasteiger partial charge in [0.15, 0.2) is 0 Å². The molecule has 0 atom stereocenters. The predicted octanol–water partition coefficient (Wildman–Crippen LogP) is 3.68. The average molecular weight is 371 g/mol. The lowest BCUT2D eigenvalue weighted by Crippen LogP contribution is -2.19. The number of amides is 1. The van der Waals surface area contributed by atoms with Crippen LogP contribution in [-0.2, 0) is 11.4 Å². The van der Waals surface area contributed by atoms with E-state index in [1.54, 1.807) is 12.1 Å². The second-order valence-corrected chi connectivity index (χ2v) is 5.62. The van der Waals surface area contributed by atoms with E-state index in [0.717, 1.165) is 10.0 Å². The van der Waals surface area contributed by atoms with Gasteiger partial charge in [-0.05, 0) is 29.8 Å². The van der Waals surface area contributed by atoms with Crippen LogP contribution in [0, 0.1) is 11.3 Å². The maximum Gasteiger partial charge on any atom is 0.261 e. The van der Waals surface area contributed by atoms with Crippen LogP contribution in [0.3, 0.4) is 0 Å². The molecular formula is C18H15BrN2O2. The second kappa shape index (κ2) is 8.16. The van der Waals surface area contributed by atoms with Gasteiger partial charge in [0, 0.05) is 17.1 Å². The normalized spacial score (nSPS) is 10.7. The lowest BCUT2D eigenvalue weighted by Gasteiger charge is -2.10. The minimum atomic E-state index is -0.429. The molecule has 0 saturated carbocycles. The second-order valence-electron chi connectivity index (χ2n) is 4.71. The van der Waals surface area contributed by atoms with Gasteiger partial charge in [-0.1, -0.05) is 46.3 Å². The molecule has 2 aromatic rings. The molecule has 0 aliphatic heterocycles. The Morgan fingerprint density at radius 2 is 2.04 bits per heavy atom. The SMILES string of the molecule is CNC(=O)/C(C#N)=C/c1cc(Br)ccc1OCc1ccccc1. The summed E-state index contributed by atoms with van der Waals surface area (Å²) < 4.78 is 6.67. The van der Waals surface area contributed by atoms with Crippen LogP contribution < -0.4 is 10.1 Å². The molecule has 0 heterocycles. The number of carbonyl (C=O) groups excluding carboxylic acids is 1. The number of benzene rings is 2. The molecule has 0 unspecified atom stereocenters. The van der Waals surface area contributed by atoms with Crippen LogP contribution >= 0.6 is 15.9 Å². The van der Waals surface area contributed by atoms with Crippen molar-refractivity contribution in [3.05, 3.63) is 69.7 Å². The van der Waals surface area contributed by atoms with E-state index >= 15 is 0 Å². The number of carbonyl (C=O) groups is 1. The van der Waals surface area contributed by atoms with Crippen molar-refractivity contribution in [2.24, 2.45) is 0 Å². The van der Waals surface area contributed by atoms with Crippen LogP contribution in [0.4, 0.5) is 0 Å². The smallest absolute Gasteiger partial charge is 0.261 e. The van der Waals surface area contributed by atoms with Gasteiger partial charge in [0.05, 0.1) is 0 Å². The van der Waals surface area contributed by atoms with Gasteiger partial charge in [-0.25, -0.2) is 0 Å². The largest absolute Gasteiger partial charge is 0.488 e. The van der Waals surface area contributed by atoms with Crippen molar-refractivity contribution in [3.63, 3.8) is 0 Å². The van der Waals surface area contributed by atoms with Crippen molar-refractivity contribution in [1.82, 2.24) is 5.32 Å². The minimum Gasteiger partial charge on any atom is -0.488 e. The molecule has 0 bridgehead atoms. The highest BCUT2D eigenvalue weighted by Gasteiger charge is 2.10. The lowest BCUT2D eigenvalue weighted by molar-refractivity contribution is -0.116. The van der Waals surface area contributed by atoms with Gasteiger partial charge in [0.1, 0.15) is 24.0 Å². The van der Waals surface area contributed by atoms with E-state index < -0.39 is 5.91 Å². The van der Waals surface area contributed by atoms with E-state index in [1.165, 1.54) is 13.1 Å². The highest BCUT2D eigenvalue weighted by molar-refractivity contribution is 9.10. The summed E-state index contributed by atoms with van der Waals surface area (Å²) in [5, 5.41) is 11.6. The monoisotopic (exact) mass is 370 g/mol. The molecule has 1 amide bonds. The summed E-state index contributed by atoms with van der Waals surface area (Å²) in [6.07, 6.45) is 1.52. The number of nitrogens with one attached hydrogen (secondary N) is 1. The van der Waals surface area contributed by atoms with Crippen LogP contribution in [0.1, 0.15) is 11.1 Å². The summed E-state index contributed by atoms with van der Waals surface area (Å²) in [6.45, 7) is 0.408. The zero-order chi connectivity index (χ0) is 16.7. The minimum absolute atomic E-state index is 0.0233. The van der Waals surface area contributed by atoms with Crippen LogP contribution in [0.5, 0.6) is 5.75 Å². The quantitative estimate of drug-likeness (QED) is 0.644. The summed E-state index contributed by atoms with van der Waals surface area (Å²) >= 11 is 3.39. The zero-order valence-corrected chi connectivity index (χ0v) is 14.1. The van der Waals surface area contributed by atoms with Crippen LogP contribution in [0.15, 0.2) is 58.6 Å². The fraction of sp³-hybridized carbons (Fsp3) is 0.111. The van der Waals surface area contributed by atoms with E-state index in [2.05, 4.69) is 21.2 Å². The zero-order valence-electron chi connectivity index (χ0n) is 12.5. The highest BCUT2D eigenvalue weighted by atomic mass is 79.9. The van der Waals surface area contributed by atoms with Gasteiger partial charge < -0.3 is 10.1 Å². The molecule has 116 valence electrons. The first-order valence-electron chi connectivity index (χ1n) is 6.94. The number of rotatable bonds is 5. The Labute approximate surface area is 143 Å². The summed E-state index contributed by atoms with van der Waals surface area (Å²) in [6, 6.07) is 17.1. The molecule has 23 heavy (non-hydrogen) atoms. The molecule has 4 nitrogen and oxygen atoms in total. The predicted molar refractivity (Wildman–Crippen MR) is 92.6 cm³/mol. The molecule has 5 heteroatoms. The van der Waals surface area contributed by atoms with Gasteiger partial charge in [-0.2, -0.15) is 5.26 Å². The molecule has 0 aliphatic rings. The average Bonchev–Trinajstić information content (AvgIpc) is 2.59. The first kappa shape index (κ1) is 16.8. The van der Waals surface area contributed by atoms with E-state index in [4.69, 9.17) is 10.00 Å². The summed E-state index contributed by atoms with van der Waals surface area (Å²) in [5.74, 6) is 0.176. The van der Waals surface area contributed by atoms with Crippen molar-refractivity contribution >= 4 is 27.9 Å². The summed E-state index contributed by atoms with van der Waals surface area (Å²) in [7, 11) is 1.49. The fourth-order valence-electron chi connectivity index (χ4n) is 1.94. The maximum absolute atomic E-state index is 11.7. The summed E-state index contributed by atoms with van der Waals surface area (Å²) in [5.41, 5.74) is 1.72. The topological polar surface area (TPSA) is 62.1 Å². The summed E-state index contributed by atoms with van der Waals surface area (Å²) in [4.78, 5) is 11.7. The third-order valence-corrected chi connectivity index (χ3v) is 3.59. The van der Waals surface area contributed by atoms with E-state index in [9.17, 15) is 4.79 Å². The standard InChI is InChI=1S/C18H15BrN2O2/c1-21-18(22)15(11-20)9-14-10-16(19)7-8-17(14)23-12-13-5-3-2-4-6-13/h2-10H,12H2,1H3,(H,21,22)/b15-9+. The van der Waals surface area contributed by atoms with Crippen molar-refractivity contribution in [2.75, 3.05) is 7.05 Å². The third kappa shape index (κ3) is 4.70. The Morgan fingerprint density at radius 1 is 1.30 bits per heavy atom. The Bertz CT molecular complexity index is 764. The Hall–Kier alpha value is -2.58. The number of likely N-dealkylation sites (N-methyl/N-ethyl adjacent to an activating group) is 1. The maximum atomic E-state index is 11.7. The van der Waals surface area contributed by atoms with E-state index in [0.29, 0.717) is 17.9 Å². The van der Waals surface area contributed by atoms with Crippen molar-refractivity contribution in [3.8, 4) is 11.8 Å². The fourth-order valence-corrected chi connectivity index (χ4v) is 2.32. The molecular weight excluding hydrogens is 356 g/mol. The molecule has 0 radical (unpaired) electrons. The molecule has 0 aromatic heterocycles. The van der Waals surface area contributed by atoms with Crippen molar-refractivity contribution in [2.45, 2.75) is 6.61 Å². The third-order valence-electron chi connectivity index (χ3n) is 3.10. The van der Waals surface area contributed by atoms with Crippen molar-refractivity contribution in [1.29, 1.82) is 5.26 Å². The number of halogens is 1. The number of ether oxygens (including phenoxy) is 1. The number of nitriles is 1. The van der Waals surface area contributed by atoms with Gasteiger partial charge >= 0.3 is 0 Å². The van der Waals surface area contributed by atoms with Crippen molar-refractivity contribution < 1.29 is 9.53 Å². The molecule has 0 saturated heterocycles. The van der Waals surface area contributed by atoms with Gasteiger partial charge in [0.25, 0.3) is 5.91 Å². The lowest BCUT2D eigenvalue weighted by atomic mass is 10.1. The number of hydrogen-bond donors (Lipinski definition) is 1.